The van der Waals surface area contributed by atoms with Crippen LogP contribution in [0.2, 0.25) is 0 Å². The third kappa shape index (κ3) is 5.46. The number of carbonyl (C=O) groups is 1. The molecule has 112 valence electrons. The highest BCUT2D eigenvalue weighted by Gasteiger charge is 2.20. The van der Waals surface area contributed by atoms with Gasteiger partial charge in [-0.25, -0.2) is 4.68 Å². The van der Waals surface area contributed by atoms with Crippen LogP contribution in [0, 0.1) is 0 Å². The standard InChI is InChI=1S/C12H22N6OS/c1-9(2)14-11(19)5-8-20-12-15-16-17-18(12)7-6-13-10-3-4-10/h9-10,13H,3-8H2,1-2H3,(H,14,19). The lowest BCUT2D eigenvalue weighted by Gasteiger charge is -2.08. The molecule has 8 heteroatoms. The maximum absolute atomic E-state index is 11.5. The van der Waals surface area contributed by atoms with Crippen molar-refractivity contribution in [3.8, 4) is 0 Å². The molecule has 0 aromatic carbocycles. The normalized spacial score (nSPS) is 14.8. The van der Waals surface area contributed by atoms with Crippen LogP contribution in [0.4, 0.5) is 0 Å². The number of carbonyl (C=O) groups excluding carboxylic acids is 1. The maximum atomic E-state index is 11.5. The Kier molecular flexibility index (Phi) is 5.78. The second-order valence-corrected chi connectivity index (χ2v) is 6.30. The fourth-order valence-corrected chi connectivity index (χ4v) is 2.57. The molecule has 0 unspecified atom stereocenters. The van der Waals surface area contributed by atoms with E-state index in [0.29, 0.717) is 18.2 Å². The van der Waals surface area contributed by atoms with E-state index in [9.17, 15) is 4.79 Å². The molecule has 7 nitrogen and oxygen atoms in total. The van der Waals surface area contributed by atoms with Crippen LogP contribution in [0.15, 0.2) is 5.16 Å². The Morgan fingerprint density at radius 2 is 2.30 bits per heavy atom. The van der Waals surface area contributed by atoms with Crippen molar-refractivity contribution >= 4 is 17.7 Å². The molecule has 1 saturated carbocycles. The maximum Gasteiger partial charge on any atom is 0.221 e. The van der Waals surface area contributed by atoms with Crippen molar-refractivity contribution in [3.63, 3.8) is 0 Å². The van der Waals surface area contributed by atoms with Crippen LogP contribution >= 0.6 is 11.8 Å². The lowest BCUT2D eigenvalue weighted by Crippen LogP contribution is -2.30. The van der Waals surface area contributed by atoms with Gasteiger partial charge in [0.25, 0.3) is 0 Å². The van der Waals surface area contributed by atoms with Crippen LogP contribution in [0.5, 0.6) is 0 Å². The topological polar surface area (TPSA) is 84.7 Å². The number of amides is 1. The molecule has 20 heavy (non-hydrogen) atoms. The van der Waals surface area contributed by atoms with Crippen LogP contribution in [-0.4, -0.2) is 50.5 Å². The van der Waals surface area contributed by atoms with Gasteiger partial charge in [-0.1, -0.05) is 11.8 Å². The molecule has 0 spiro atoms. The Labute approximate surface area is 123 Å². The first-order valence-corrected chi connectivity index (χ1v) is 8.05. The van der Waals surface area contributed by atoms with E-state index in [4.69, 9.17) is 0 Å². The van der Waals surface area contributed by atoms with E-state index in [-0.39, 0.29) is 11.9 Å². The SMILES string of the molecule is CC(C)NC(=O)CCSc1nnnn1CCNC1CC1. The minimum atomic E-state index is 0.0712. The summed E-state index contributed by atoms with van der Waals surface area (Å²) in [4.78, 5) is 11.5. The molecule has 0 atom stereocenters. The number of hydrogen-bond acceptors (Lipinski definition) is 6. The number of aromatic nitrogens is 4. The molecule has 2 N–H and O–H groups in total. The molecule has 1 fully saturated rings. The van der Waals surface area contributed by atoms with Gasteiger partial charge in [0.1, 0.15) is 0 Å². The Morgan fingerprint density at radius 1 is 1.50 bits per heavy atom. The third-order valence-corrected chi connectivity index (χ3v) is 3.80. The molecule has 0 radical (unpaired) electrons. The van der Waals surface area contributed by atoms with Crippen LogP contribution < -0.4 is 10.6 Å². The van der Waals surface area contributed by atoms with E-state index in [1.54, 1.807) is 4.68 Å². The summed E-state index contributed by atoms with van der Waals surface area (Å²) in [5, 5.41) is 18.7. The average molecular weight is 298 g/mol. The van der Waals surface area contributed by atoms with Crippen LogP contribution in [0.25, 0.3) is 0 Å². The van der Waals surface area contributed by atoms with Crippen LogP contribution in [0.3, 0.4) is 0 Å². The van der Waals surface area contributed by atoms with E-state index in [1.165, 1.54) is 24.6 Å². The van der Waals surface area contributed by atoms with Crippen molar-refractivity contribution in [1.29, 1.82) is 0 Å². The molecule has 1 aromatic rings. The van der Waals surface area contributed by atoms with Gasteiger partial charge in [-0.15, -0.1) is 5.10 Å². The van der Waals surface area contributed by atoms with Gasteiger partial charge in [0.05, 0.1) is 6.54 Å². The summed E-state index contributed by atoms with van der Waals surface area (Å²) in [5.74, 6) is 0.761. The van der Waals surface area contributed by atoms with Crippen molar-refractivity contribution in [2.75, 3.05) is 12.3 Å². The fraction of sp³-hybridized carbons (Fsp3) is 0.833. The number of thioether (sulfide) groups is 1. The fourth-order valence-electron chi connectivity index (χ4n) is 1.73. The van der Waals surface area contributed by atoms with E-state index in [1.807, 2.05) is 13.8 Å². The number of tetrazole rings is 1. The van der Waals surface area contributed by atoms with Crippen molar-refractivity contribution in [3.05, 3.63) is 0 Å². The summed E-state index contributed by atoms with van der Waals surface area (Å²) in [6.45, 7) is 5.57. The first-order valence-electron chi connectivity index (χ1n) is 7.07. The molecule has 1 aromatic heterocycles. The zero-order valence-electron chi connectivity index (χ0n) is 12.0. The second-order valence-electron chi connectivity index (χ2n) is 5.23. The molecule has 0 aliphatic heterocycles. The van der Waals surface area contributed by atoms with Gasteiger partial charge < -0.3 is 10.6 Å². The zero-order chi connectivity index (χ0) is 14.4. The predicted molar refractivity (Wildman–Crippen MR) is 77.5 cm³/mol. The van der Waals surface area contributed by atoms with Crippen molar-refractivity contribution < 1.29 is 4.79 Å². The Bertz CT molecular complexity index is 431. The summed E-state index contributed by atoms with van der Waals surface area (Å²) in [7, 11) is 0. The summed E-state index contributed by atoms with van der Waals surface area (Å²) >= 11 is 1.52. The molecule has 1 amide bonds. The highest BCUT2D eigenvalue weighted by Crippen LogP contribution is 2.18. The smallest absolute Gasteiger partial charge is 0.221 e. The van der Waals surface area contributed by atoms with E-state index in [0.717, 1.165) is 18.2 Å². The minimum Gasteiger partial charge on any atom is -0.354 e. The van der Waals surface area contributed by atoms with Gasteiger partial charge in [0.2, 0.25) is 11.1 Å². The van der Waals surface area contributed by atoms with Crippen molar-refractivity contribution in [1.82, 2.24) is 30.8 Å². The van der Waals surface area contributed by atoms with Crippen LogP contribution in [0.1, 0.15) is 33.1 Å². The zero-order valence-corrected chi connectivity index (χ0v) is 12.8. The minimum absolute atomic E-state index is 0.0712. The molecule has 0 bridgehead atoms. The molecule has 1 heterocycles. The highest BCUT2D eigenvalue weighted by molar-refractivity contribution is 7.99. The molecular weight excluding hydrogens is 276 g/mol. The summed E-state index contributed by atoms with van der Waals surface area (Å²) in [6.07, 6.45) is 3.04. The molecule has 1 aliphatic rings. The number of rotatable bonds is 9. The van der Waals surface area contributed by atoms with Gasteiger partial charge in [0, 0.05) is 30.8 Å². The summed E-state index contributed by atoms with van der Waals surface area (Å²) in [6, 6.07) is 0.883. The monoisotopic (exact) mass is 298 g/mol. The summed E-state index contributed by atoms with van der Waals surface area (Å²) in [5.41, 5.74) is 0. The van der Waals surface area contributed by atoms with Gasteiger partial charge in [0.15, 0.2) is 0 Å². The predicted octanol–water partition coefficient (Wildman–Crippen LogP) is 0.432. The van der Waals surface area contributed by atoms with Crippen molar-refractivity contribution in [2.45, 2.75) is 56.9 Å². The van der Waals surface area contributed by atoms with Gasteiger partial charge in [-0.05, 0) is 37.1 Å². The van der Waals surface area contributed by atoms with E-state index < -0.39 is 0 Å². The van der Waals surface area contributed by atoms with Gasteiger partial charge in [-0.2, -0.15) is 0 Å². The Morgan fingerprint density at radius 3 is 3.00 bits per heavy atom. The first kappa shape index (κ1) is 15.2. The van der Waals surface area contributed by atoms with Gasteiger partial charge in [-0.3, -0.25) is 4.79 Å². The lowest BCUT2D eigenvalue weighted by atomic mass is 10.3. The third-order valence-electron chi connectivity index (χ3n) is 2.84. The van der Waals surface area contributed by atoms with E-state index in [2.05, 4.69) is 26.2 Å². The molecular formula is C12H22N6OS. The number of hydrogen-bond donors (Lipinski definition) is 2. The Balaban J connectivity index is 1.66. The van der Waals surface area contributed by atoms with E-state index >= 15 is 0 Å². The first-order chi connectivity index (χ1) is 9.65. The number of nitrogens with zero attached hydrogens (tertiary/aromatic N) is 4. The molecule has 1 aliphatic carbocycles. The van der Waals surface area contributed by atoms with Crippen molar-refractivity contribution in [2.24, 2.45) is 0 Å². The summed E-state index contributed by atoms with van der Waals surface area (Å²) < 4.78 is 1.79. The van der Waals surface area contributed by atoms with Gasteiger partial charge >= 0.3 is 0 Å². The number of nitrogens with one attached hydrogen (secondary N) is 2. The average Bonchev–Trinajstić information content (AvgIpc) is 3.09. The highest BCUT2D eigenvalue weighted by atomic mass is 32.2. The largest absolute Gasteiger partial charge is 0.354 e. The lowest BCUT2D eigenvalue weighted by molar-refractivity contribution is -0.121. The molecule has 0 saturated heterocycles. The van der Waals surface area contributed by atoms with Crippen LogP contribution in [-0.2, 0) is 11.3 Å². The second kappa shape index (κ2) is 7.58. The molecule has 2 rings (SSSR count). The quantitative estimate of drug-likeness (QED) is 0.643. The Hall–Kier alpha value is -1.15.